The van der Waals surface area contributed by atoms with Crippen molar-refractivity contribution in [3.63, 3.8) is 0 Å². The molecule has 6 unspecified atom stereocenters. The highest BCUT2D eigenvalue weighted by atomic mass is 31.2. The van der Waals surface area contributed by atoms with Crippen molar-refractivity contribution in [3.05, 3.63) is 24.3 Å². The maximum Gasteiger partial charge on any atom is 0.472 e. The Morgan fingerprint density at radius 2 is 0.844 bits per heavy atom. The quantitative estimate of drug-likeness (QED) is 0.0146. The van der Waals surface area contributed by atoms with Crippen LogP contribution in [0.1, 0.15) is 226 Å². The molecule has 0 amide bonds. The molecule has 376 valence electrons. The number of aliphatic hydroxyl groups is 5. The lowest BCUT2D eigenvalue weighted by atomic mass is 9.85. The van der Waals surface area contributed by atoms with Crippen molar-refractivity contribution in [2.75, 3.05) is 13.2 Å². The van der Waals surface area contributed by atoms with Gasteiger partial charge in [-0.2, -0.15) is 0 Å². The SMILES string of the molecule is CCCCC/C=C\C/C=C\CCCCCCCCCCCC(=O)OC(COC(=O)CCCCCCCCCCCCCCCCCC)COP(=O)(O)OC1C(O)C(O)C(O)C(O)C1O. The summed E-state index contributed by atoms with van der Waals surface area (Å²) in [5, 5.41) is 50.2. The molecule has 13 nitrogen and oxygen atoms in total. The van der Waals surface area contributed by atoms with Gasteiger partial charge < -0.3 is 39.9 Å². The van der Waals surface area contributed by atoms with Gasteiger partial charge in [0.1, 0.15) is 43.2 Å². The average Bonchev–Trinajstić information content (AvgIpc) is 3.28. The summed E-state index contributed by atoms with van der Waals surface area (Å²) in [6.07, 6.45) is 32.2. The predicted octanol–water partition coefficient (Wildman–Crippen LogP) is 10.8. The van der Waals surface area contributed by atoms with Crippen molar-refractivity contribution in [2.24, 2.45) is 0 Å². The highest BCUT2D eigenvalue weighted by molar-refractivity contribution is 7.47. The van der Waals surface area contributed by atoms with Crippen LogP contribution in [0.2, 0.25) is 0 Å². The molecule has 14 heteroatoms. The zero-order chi connectivity index (χ0) is 47.1. The highest BCUT2D eigenvalue weighted by Crippen LogP contribution is 2.47. The lowest BCUT2D eigenvalue weighted by Gasteiger charge is -2.41. The van der Waals surface area contributed by atoms with Crippen molar-refractivity contribution >= 4 is 19.8 Å². The fourth-order valence-electron chi connectivity index (χ4n) is 7.91. The second kappa shape index (κ2) is 40.4. The number of hydrogen-bond acceptors (Lipinski definition) is 12. The second-order valence-electron chi connectivity index (χ2n) is 18.0. The van der Waals surface area contributed by atoms with E-state index in [-0.39, 0.29) is 12.8 Å². The van der Waals surface area contributed by atoms with E-state index in [1.807, 2.05) is 0 Å². The minimum atomic E-state index is -5.12. The third-order valence-corrected chi connectivity index (χ3v) is 13.0. The maximum atomic E-state index is 12.8. The van der Waals surface area contributed by atoms with Crippen LogP contribution in [0.25, 0.3) is 0 Å². The molecule has 6 atom stereocenters. The zero-order valence-electron chi connectivity index (χ0n) is 40.1. The summed E-state index contributed by atoms with van der Waals surface area (Å²) in [5.41, 5.74) is 0. The Labute approximate surface area is 387 Å². The molecular formula is C50H93O13P. The summed E-state index contributed by atoms with van der Waals surface area (Å²) in [6, 6.07) is 0. The number of hydrogen-bond donors (Lipinski definition) is 6. The lowest BCUT2D eigenvalue weighted by molar-refractivity contribution is -0.220. The first-order valence-electron chi connectivity index (χ1n) is 25.6. The average molecular weight is 933 g/mol. The van der Waals surface area contributed by atoms with Gasteiger partial charge in [0, 0.05) is 12.8 Å². The summed E-state index contributed by atoms with van der Waals surface area (Å²) in [5.74, 6) is -1.09. The molecule has 1 fully saturated rings. The van der Waals surface area contributed by atoms with E-state index in [1.165, 1.54) is 128 Å². The number of ether oxygens (including phenoxy) is 2. The van der Waals surface area contributed by atoms with Crippen LogP contribution in [0.3, 0.4) is 0 Å². The smallest absolute Gasteiger partial charge is 0.462 e. The molecule has 0 aromatic rings. The summed E-state index contributed by atoms with van der Waals surface area (Å²) in [4.78, 5) is 35.8. The molecule has 0 spiro atoms. The van der Waals surface area contributed by atoms with Crippen LogP contribution >= 0.6 is 7.82 Å². The van der Waals surface area contributed by atoms with Gasteiger partial charge in [-0.25, -0.2) is 4.57 Å². The van der Waals surface area contributed by atoms with E-state index >= 15 is 0 Å². The number of esters is 2. The van der Waals surface area contributed by atoms with Crippen LogP contribution in [-0.2, 0) is 32.7 Å². The van der Waals surface area contributed by atoms with Crippen LogP contribution < -0.4 is 0 Å². The normalized spacial score (nSPS) is 21.7. The Morgan fingerprint density at radius 3 is 1.30 bits per heavy atom. The molecule has 1 saturated carbocycles. The molecule has 64 heavy (non-hydrogen) atoms. The number of rotatable bonds is 43. The Bertz CT molecular complexity index is 1220. The first-order chi connectivity index (χ1) is 30.9. The predicted molar refractivity (Wildman–Crippen MR) is 254 cm³/mol. The lowest BCUT2D eigenvalue weighted by Crippen LogP contribution is -2.64. The molecule has 0 saturated heterocycles. The van der Waals surface area contributed by atoms with Crippen molar-refractivity contribution in [3.8, 4) is 0 Å². The van der Waals surface area contributed by atoms with Crippen molar-refractivity contribution < 1.29 is 63.1 Å². The van der Waals surface area contributed by atoms with E-state index < -0.39 is 75.7 Å². The molecule has 1 rings (SSSR count). The summed E-state index contributed by atoms with van der Waals surface area (Å²) >= 11 is 0. The van der Waals surface area contributed by atoms with Crippen LogP contribution in [0.4, 0.5) is 0 Å². The molecular weight excluding hydrogens is 840 g/mol. The van der Waals surface area contributed by atoms with Gasteiger partial charge >= 0.3 is 19.8 Å². The molecule has 1 aliphatic rings. The topological polar surface area (TPSA) is 210 Å². The summed E-state index contributed by atoms with van der Waals surface area (Å²) in [6.45, 7) is 3.30. The highest BCUT2D eigenvalue weighted by Gasteiger charge is 2.51. The van der Waals surface area contributed by atoms with E-state index in [2.05, 4.69) is 38.2 Å². The van der Waals surface area contributed by atoms with Gasteiger partial charge in [-0.3, -0.25) is 18.6 Å². The Hall–Kier alpha value is -1.67. The number of allylic oxidation sites excluding steroid dienone is 4. The number of unbranched alkanes of at least 4 members (excludes halogenated alkanes) is 27. The number of carbonyl (C=O) groups is 2. The van der Waals surface area contributed by atoms with Crippen molar-refractivity contribution in [1.82, 2.24) is 0 Å². The van der Waals surface area contributed by atoms with E-state index in [4.69, 9.17) is 18.5 Å². The van der Waals surface area contributed by atoms with Crippen molar-refractivity contribution in [2.45, 2.75) is 268 Å². The van der Waals surface area contributed by atoms with Gasteiger partial charge in [-0.1, -0.05) is 192 Å². The fraction of sp³-hybridized carbons (Fsp3) is 0.880. The minimum Gasteiger partial charge on any atom is -0.462 e. The van der Waals surface area contributed by atoms with Crippen LogP contribution in [0, 0.1) is 0 Å². The van der Waals surface area contributed by atoms with Crippen molar-refractivity contribution in [1.29, 1.82) is 0 Å². The van der Waals surface area contributed by atoms with Crippen LogP contribution in [0.5, 0.6) is 0 Å². The minimum absolute atomic E-state index is 0.0949. The van der Waals surface area contributed by atoms with E-state index in [0.717, 1.165) is 57.8 Å². The van der Waals surface area contributed by atoms with Crippen LogP contribution in [0.15, 0.2) is 24.3 Å². The van der Waals surface area contributed by atoms with Gasteiger partial charge in [0.2, 0.25) is 0 Å². The van der Waals surface area contributed by atoms with Gasteiger partial charge in [-0.05, 0) is 44.9 Å². The summed E-state index contributed by atoms with van der Waals surface area (Å²) < 4.78 is 33.6. The molecule has 0 aliphatic heterocycles. The molecule has 6 N–H and O–H groups in total. The Balaban J connectivity index is 2.40. The van der Waals surface area contributed by atoms with E-state index in [0.29, 0.717) is 12.8 Å². The van der Waals surface area contributed by atoms with E-state index in [1.54, 1.807) is 0 Å². The molecule has 0 bridgehead atoms. The largest absolute Gasteiger partial charge is 0.472 e. The fourth-order valence-corrected chi connectivity index (χ4v) is 8.88. The Morgan fingerprint density at radius 1 is 0.484 bits per heavy atom. The number of carbonyl (C=O) groups excluding carboxylic acids is 2. The first kappa shape index (κ1) is 60.3. The molecule has 0 radical (unpaired) electrons. The first-order valence-corrected chi connectivity index (χ1v) is 27.1. The van der Waals surface area contributed by atoms with Gasteiger partial charge in [-0.15, -0.1) is 0 Å². The molecule has 0 heterocycles. The van der Waals surface area contributed by atoms with Crippen LogP contribution in [-0.4, -0.2) is 98.3 Å². The molecule has 1 aliphatic carbocycles. The number of phosphoric ester groups is 1. The standard InChI is InChI=1S/C50H93O13P/c1-3-5-7-9-11-13-15-17-19-21-22-23-25-27-29-31-33-35-37-39-44(52)62-42(41-61-64(58,59)63-50-48(56)46(54)45(53)47(55)49(50)57)40-60-43(51)38-36-34-32-30-28-26-24-20-18-16-14-12-10-8-6-4-2/h11,13,17,19,42,45-50,53-57H,3-10,12,14-16,18,20-41H2,1-2H3,(H,58,59)/b13-11-,19-17-. The van der Waals surface area contributed by atoms with Gasteiger partial charge in [0.05, 0.1) is 6.61 Å². The molecule has 0 aromatic carbocycles. The second-order valence-corrected chi connectivity index (χ2v) is 19.4. The third kappa shape index (κ3) is 32.1. The molecule has 0 aromatic heterocycles. The van der Waals surface area contributed by atoms with E-state index in [9.17, 15) is 44.6 Å². The van der Waals surface area contributed by atoms with Gasteiger partial charge in [0.15, 0.2) is 6.10 Å². The number of phosphoric acid groups is 1. The maximum absolute atomic E-state index is 12.8. The zero-order valence-corrected chi connectivity index (χ0v) is 41.0. The number of aliphatic hydroxyl groups excluding tert-OH is 5. The monoisotopic (exact) mass is 933 g/mol. The summed E-state index contributed by atoms with van der Waals surface area (Å²) in [7, 11) is -5.12. The van der Waals surface area contributed by atoms with Gasteiger partial charge in [0.25, 0.3) is 0 Å². The Kier molecular flexibility index (Phi) is 38.1. The third-order valence-electron chi connectivity index (χ3n) is 12.0.